The number of thiazole rings is 1. The molecule has 1 atom stereocenters. The number of aromatic nitrogens is 1. The van der Waals surface area contributed by atoms with Gasteiger partial charge in [0, 0.05) is 10.6 Å². The molecule has 9 heteroatoms. The molecule has 36 heavy (non-hydrogen) atoms. The summed E-state index contributed by atoms with van der Waals surface area (Å²) in [5.74, 6) is -0.537. The maximum Gasteiger partial charge on any atom is 0.301 e. The molecule has 182 valence electrons. The molecular formula is C27H21ClN2O5S. The third-order valence-electron chi connectivity index (χ3n) is 6.09. The number of ether oxygens (including phenoxy) is 2. The highest BCUT2D eigenvalue weighted by atomic mass is 35.5. The van der Waals surface area contributed by atoms with Gasteiger partial charge in [0.25, 0.3) is 5.78 Å². The van der Waals surface area contributed by atoms with Crippen LogP contribution in [0.25, 0.3) is 16.0 Å². The molecule has 4 aromatic rings. The van der Waals surface area contributed by atoms with Gasteiger partial charge in [0.1, 0.15) is 17.3 Å². The Morgan fingerprint density at radius 2 is 1.78 bits per heavy atom. The van der Waals surface area contributed by atoms with Gasteiger partial charge in [-0.3, -0.25) is 14.5 Å². The number of rotatable bonds is 5. The number of anilines is 1. The first-order valence-corrected chi connectivity index (χ1v) is 12.2. The van der Waals surface area contributed by atoms with E-state index in [0.717, 1.165) is 10.3 Å². The largest absolute Gasteiger partial charge is 0.507 e. The standard InChI is InChI=1S/C27H21ClN2O5S/c1-14-12-16(6-11-20(14)35-3)24(31)22-23(15-4-7-17(28)8-5-15)30(26(33)25(22)32)27-29-19-10-9-18(34-2)13-21(19)36-27/h4-13,23,31H,1-3H3/t23-/m1/s1. The second-order valence-corrected chi connectivity index (χ2v) is 9.68. The van der Waals surface area contributed by atoms with Crippen molar-refractivity contribution >= 4 is 55.7 Å². The van der Waals surface area contributed by atoms with Gasteiger partial charge in [0.05, 0.1) is 36.1 Å². The van der Waals surface area contributed by atoms with Crippen molar-refractivity contribution in [1.29, 1.82) is 0 Å². The lowest BCUT2D eigenvalue weighted by atomic mass is 9.95. The van der Waals surface area contributed by atoms with Gasteiger partial charge in [-0.2, -0.15) is 0 Å². The average molecular weight is 521 g/mol. The summed E-state index contributed by atoms with van der Waals surface area (Å²) in [5, 5.41) is 12.2. The normalized spacial score (nSPS) is 17.1. The molecule has 1 aliphatic rings. The highest BCUT2D eigenvalue weighted by molar-refractivity contribution is 7.22. The number of aliphatic hydroxyl groups is 1. The number of aliphatic hydroxyl groups excluding tert-OH is 1. The number of fused-ring (bicyclic) bond motifs is 1. The number of ketones is 1. The van der Waals surface area contributed by atoms with Crippen LogP contribution in [-0.2, 0) is 9.59 Å². The molecule has 0 spiro atoms. The van der Waals surface area contributed by atoms with Crippen molar-refractivity contribution < 1.29 is 24.2 Å². The zero-order valence-electron chi connectivity index (χ0n) is 19.6. The maximum atomic E-state index is 13.4. The van der Waals surface area contributed by atoms with E-state index >= 15 is 0 Å². The van der Waals surface area contributed by atoms with Gasteiger partial charge in [-0.15, -0.1) is 0 Å². The lowest BCUT2D eigenvalue weighted by molar-refractivity contribution is -0.132. The monoisotopic (exact) mass is 520 g/mol. The first-order chi connectivity index (χ1) is 17.3. The molecule has 0 aliphatic carbocycles. The average Bonchev–Trinajstić information content (AvgIpc) is 3.41. The first-order valence-electron chi connectivity index (χ1n) is 11.0. The van der Waals surface area contributed by atoms with Crippen molar-refractivity contribution in [3.63, 3.8) is 0 Å². The molecule has 1 fully saturated rings. The molecule has 0 saturated carbocycles. The van der Waals surface area contributed by atoms with E-state index < -0.39 is 17.7 Å². The van der Waals surface area contributed by atoms with Gasteiger partial charge in [-0.05, 0) is 66.6 Å². The Morgan fingerprint density at radius 3 is 2.44 bits per heavy atom. The van der Waals surface area contributed by atoms with Crippen LogP contribution in [0.1, 0.15) is 22.7 Å². The molecule has 0 radical (unpaired) electrons. The van der Waals surface area contributed by atoms with E-state index in [0.29, 0.717) is 38.3 Å². The number of methoxy groups -OCH3 is 2. The van der Waals surface area contributed by atoms with Crippen LogP contribution in [0.15, 0.2) is 66.2 Å². The smallest absolute Gasteiger partial charge is 0.301 e. The van der Waals surface area contributed by atoms with Crippen molar-refractivity contribution in [3.05, 3.63) is 87.9 Å². The summed E-state index contributed by atoms with van der Waals surface area (Å²) >= 11 is 7.37. The van der Waals surface area contributed by atoms with Crippen LogP contribution in [0.2, 0.25) is 5.02 Å². The number of nitrogens with zero attached hydrogens (tertiary/aromatic N) is 2. The molecule has 1 N–H and O–H groups in total. The second-order valence-electron chi connectivity index (χ2n) is 8.24. The number of amides is 1. The van der Waals surface area contributed by atoms with Crippen molar-refractivity contribution in [2.24, 2.45) is 0 Å². The second kappa shape index (κ2) is 9.29. The Kier molecular flexibility index (Phi) is 6.15. The minimum atomic E-state index is -0.896. The summed E-state index contributed by atoms with van der Waals surface area (Å²) in [6, 6.07) is 16.4. The van der Waals surface area contributed by atoms with Gasteiger partial charge < -0.3 is 14.6 Å². The number of Topliss-reactive ketones (excluding diaryl/α,β-unsaturated/α-hetero) is 1. The van der Waals surface area contributed by atoms with Gasteiger partial charge in [0.15, 0.2) is 5.13 Å². The van der Waals surface area contributed by atoms with Crippen LogP contribution in [-0.4, -0.2) is 36.0 Å². The zero-order valence-corrected chi connectivity index (χ0v) is 21.2. The molecule has 1 aliphatic heterocycles. The molecule has 1 amide bonds. The van der Waals surface area contributed by atoms with E-state index in [9.17, 15) is 14.7 Å². The van der Waals surface area contributed by atoms with E-state index in [1.165, 1.54) is 16.2 Å². The SMILES string of the molecule is COc1ccc2nc(N3C(=O)C(=O)C(=C(O)c4ccc(OC)c(C)c4)[C@H]3c3ccc(Cl)cc3)sc2c1. The predicted octanol–water partition coefficient (Wildman–Crippen LogP) is 5.90. The Morgan fingerprint density at radius 1 is 1.03 bits per heavy atom. The fourth-order valence-electron chi connectivity index (χ4n) is 4.29. The molecule has 0 unspecified atom stereocenters. The summed E-state index contributed by atoms with van der Waals surface area (Å²) in [7, 11) is 3.13. The Labute approximate surface area is 216 Å². The summed E-state index contributed by atoms with van der Waals surface area (Å²) in [6.07, 6.45) is 0. The summed E-state index contributed by atoms with van der Waals surface area (Å²) in [4.78, 5) is 32.7. The minimum Gasteiger partial charge on any atom is -0.507 e. The minimum absolute atomic E-state index is 0.0243. The number of carbonyl (C=O) groups is 2. The van der Waals surface area contributed by atoms with Crippen LogP contribution >= 0.6 is 22.9 Å². The van der Waals surface area contributed by atoms with Crippen LogP contribution in [0, 0.1) is 6.92 Å². The lowest BCUT2D eigenvalue weighted by Gasteiger charge is -2.23. The number of halogens is 1. The van der Waals surface area contributed by atoms with E-state index in [1.54, 1.807) is 68.8 Å². The van der Waals surface area contributed by atoms with E-state index in [1.807, 2.05) is 13.0 Å². The summed E-state index contributed by atoms with van der Waals surface area (Å²) < 4.78 is 11.4. The van der Waals surface area contributed by atoms with Gasteiger partial charge in [-0.25, -0.2) is 4.98 Å². The quantitative estimate of drug-likeness (QED) is 0.200. The van der Waals surface area contributed by atoms with Crippen molar-refractivity contribution in [2.45, 2.75) is 13.0 Å². The third-order valence-corrected chi connectivity index (χ3v) is 7.36. The van der Waals surface area contributed by atoms with Crippen molar-refractivity contribution in [3.8, 4) is 11.5 Å². The first kappa shape index (κ1) is 23.8. The number of hydrogen-bond donors (Lipinski definition) is 1. The van der Waals surface area contributed by atoms with Crippen molar-refractivity contribution in [1.82, 2.24) is 4.98 Å². The van der Waals surface area contributed by atoms with Gasteiger partial charge in [0.2, 0.25) is 0 Å². The zero-order chi connectivity index (χ0) is 25.6. The highest BCUT2D eigenvalue weighted by Gasteiger charge is 2.48. The summed E-state index contributed by atoms with van der Waals surface area (Å²) in [5.41, 5.74) is 2.43. The fraction of sp³-hybridized carbons (Fsp3) is 0.148. The number of hydrogen-bond acceptors (Lipinski definition) is 7. The van der Waals surface area contributed by atoms with E-state index in [2.05, 4.69) is 4.98 Å². The molecule has 5 rings (SSSR count). The van der Waals surface area contributed by atoms with Crippen LogP contribution in [0.4, 0.5) is 5.13 Å². The van der Waals surface area contributed by atoms with Gasteiger partial charge >= 0.3 is 5.91 Å². The number of benzene rings is 3. The maximum absolute atomic E-state index is 13.4. The Hall–Kier alpha value is -3.88. The fourth-order valence-corrected chi connectivity index (χ4v) is 5.44. The van der Waals surface area contributed by atoms with Crippen LogP contribution < -0.4 is 14.4 Å². The van der Waals surface area contributed by atoms with E-state index in [-0.39, 0.29) is 11.3 Å². The molecule has 2 heterocycles. The van der Waals surface area contributed by atoms with Gasteiger partial charge in [-0.1, -0.05) is 35.1 Å². The summed E-state index contributed by atoms with van der Waals surface area (Å²) in [6.45, 7) is 1.83. The molecule has 7 nitrogen and oxygen atoms in total. The third kappa shape index (κ3) is 3.98. The highest BCUT2D eigenvalue weighted by Crippen LogP contribution is 2.45. The molecule has 0 bridgehead atoms. The molecule has 3 aromatic carbocycles. The van der Waals surface area contributed by atoms with Crippen LogP contribution in [0.5, 0.6) is 11.5 Å². The van der Waals surface area contributed by atoms with Crippen LogP contribution in [0.3, 0.4) is 0 Å². The molecule has 1 aromatic heterocycles. The number of carbonyl (C=O) groups excluding carboxylic acids is 2. The Bertz CT molecular complexity index is 1540. The topological polar surface area (TPSA) is 89.0 Å². The molecule has 1 saturated heterocycles. The lowest BCUT2D eigenvalue weighted by Crippen LogP contribution is -2.29. The van der Waals surface area contributed by atoms with E-state index in [4.69, 9.17) is 21.1 Å². The number of aryl methyl sites for hydroxylation is 1. The van der Waals surface area contributed by atoms with Crippen molar-refractivity contribution in [2.75, 3.05) is 19.1 Å². The molecular weight excluding hydrogens is 500 g/mol. The Balaban J connectivity index is 1.71. The predicted molar refractivity (Wildman–Crippen MR) is 140 cm³/mol.